The summed E-state index contributed by atoms with van der Waals surface area (Å²) in [5.41, 5.74) is 2.41. The van der Waals surface area contributed by atoms with Gasteiger partial charge in [0, 0.05) is 9.79 Å². The van der Waals surface area contributed by atoms with Crippen LogP contribution in [-0.2, 0) is 0 Å². The number of hydrogen-bond acceptors (Lipinski definition) is 2. The van der Waals surface area contributed by atoms with Gasteiger partial charge in [-0.3, -0.25) is 0 Å². The topological polar surface area (TPSA) is 0 Å². The highest BCUT2D eigenvalue weighted by Gasteiger charge is 2.01. The zero-order valence-corrected chi connectivity index (χ0v) is 9.99. The summed E-state index contributed by atoms with van der Waals surface area (Å²) in [5, 5.41) is 2.46. The predicted octanol–water partition coefficient (Wildman–Crippen LogP) is 4.03. The normalized spacial score (nSPS) is 10.9. The minimum absolute atomic E-state index is 1.05. The number of benzene rings is 2. The van der Waals surface area contributed by atoms with E-state index in [9.17, 15) is 0 Å². The summed E-state index contributed by atoms with van der Waals surface area (Å²) >= 11 is 8.83. The molecule has 2 aromatic rings. The summed E-state index contributed by atoms with van der Waals surface area (Å²) in [5.74, 6) is 0. The molecule has 0 amide bonds. The molecule has 0 aliphatic heterocycles. The van der Waals surface area contributed by atoms with E-state index in [-0.39, 0.29) is 0 Å². The van der Waals surface area contributed by atoms with Crippen LogP contribution in [0.3, 0.4) is 0 Å². The Morgan fingerprint density at radius 2 is 1.07 bits per heavy atom. The number of rotatable bonds is 0. The predicted molar refractivity (Wildman–Crippen MR) is 67.9 cm³/mol. The van der Waals surface area contributed by atoms with E-state index in [0.717, 1.165) is 9.79 Å². The first kappa shape index (κ1) is 9.94. The minimum Gasteiger partial charge on any atom is -0.143 e. The van der Waals surface area contributed by atoms with Gasteiger partial charge in [0.25, 0.3) is 0 Å². The molecular formula is C12H12S2. The number of hydrogen-bond donors (Lipinski definition) is 2. The van der Waals surface area contributed by atoms with Gasteiger partial charge in [0.2, 0.25) is 0 Å². The van der Waals surface area contributed by atoms with Crippen LogP contribution in [0, 0.1) is 13.8 Å². The molecule has 0 atom stereocenters. The fourth-order valence-electron chi connectivity index (χ4n) is 1.55. The van der Waals surface area contributed by atoms with E-state index in [4.69, 9.17) is 0 Å². The van der Waals surface area contributed by atoms with E-state index in [0.29, 0.717) is 0 Å². The molecule has 0 spiro atoms. The third-order valence-electron chi connectivity index (χ3n) is 2.47. The van der Waals surface area contributed by atoms with Crippen molar-refractivity contribution in [2.24, 2.45) is 0 Å². The van der Waals surface area contributed by atoms with Crippen LogP contribution in [0.2, 0.25) is 0 Å². The molecule has 0 unspecified atom stereocenters. The molecule has 0 radical (unpaired) electrons. The highest BCUT2D eigenvalue weighted by Crippen LogP contribution is 2.26. The van der Waals surface area contributed by atoms with E-state index in [1.54, 1.807) is 0 Å². The third-order valence-corrected chi connectivity index (χ3v) is 3.43. The lowest BCUT2D eigenvalue weighted by Crippen LogP contribution is -1.82. The fourth-order valence-corrected chi connectivity index (χ4v) is 1.96. The Hall–Kier alpha value is -0.600. The molecule has 0 aliphatic carbocycles. The van der Waals surface area contributed by atoms with Gasteiger partial charge in [0.05, 0.1) is 0 Å². The van der Waals surface area contributed by atoms with Gasteiger partial charge in [0.1, 0.15) is 0 Å². The molecule has 0 bridgehead atoms. The molecule has 2 rings (SSSR count). The Bertz CT molecular complexity index is 412. The average Bonchev–Trinajstić information content (AvgIpc) is 2.11. The third kappa shape index (κ3) is 1.64. The molecule has 0 saturated heterocycles. The van der Waals surface area contributed by atoms with Crippen LogP contribution in [-0.4, -0.2) is 0 Å². The summed E-state index contributed by atoms with van der Waals surface area (Å²) in [6.07, 6.45) is 0. The number of aryl methyl sites for hydroxylation is 2. The van der Waals surface area contributed by atoms with Crippen LogP contribution in [0.4, 0.5) is 0 Å². The standard InChI is InChI=1S/C12H12S2/c1-7-3-9-6-12(14)8(2)4-10(9)5-11(7)13/h3-6,13-14H,1-2H3. The van der Waals surface area contributed by atoms with Gasteiger partial charge >= 0.3 is 0 Å². The second-order valence-corrected chi connectivity index (χ2v) is 4.59. The Morgan fingerprint density at radius 1 is 0.714 bits per heavy atom. The molecule has 2 aromatic carbocycles. The molecule has 72 valence electrons. The van der Waals surface area contributed by atoms with Crippen LogP contribution >= 0.6 is 25.3 Å². The molecule has 0 aliphatic rings. The zero-order valence-electron chi connectivity index (χ0n) is 8.20. The highest BCUT2D eigenvalue weighted by atomic mass is 32.1. The lowest BCUT2D eigenvalue weighted by atomic mass is 10.1. The maximum Gasteiger partial charge on any atom is 0.00756 e. The van der Waals surface area contributed by atoms with Crippen molar-refractivity contribution >= 4 is 36.0 Å². The van der Waals surface area contributed by atoms with E-state index in [1.807, 2.05) is 0 Å². The van der Waals surface area contributed by atoms with E-state index in [2.05, 4.69) is 63.4 Å². The summed E-state index contributed by atoms with van der Waals surface area (Å²) < 4.78 is 0. The minimum atomic E-state index is 1.05. The Labute approximate surface area is 95.2 Å². The Morgan fingerprint density at radius 3 is 1.43 bits per heavy atom. The van der Waals surface area contributed by atoms with E-state index in [1.165, 1.54) is 21.9 Å². The Kier molecular flexibility index (Phi) is 2.50. The van der Waals surface area contributed by atoms with Crippen LogP contribution in [0.5, 0.6) is 0 Å². The second kappa shape index (κ2) is 3.52. The maximum atomic E-state index is 4.41. The van der Waals surface area contributed by atoms with Crippen LogP contribution < -0.4 is 0 Å². The molecule has 0 aromatic heterocycles. The first-order chi connectivity index (χ1) is 6.58. The number of thiol groups is 2. The zero-order chi connectivity index (χ0) is 10.3. The van der Waals surface area contributed by atoms with Crippen molar-refractivity contribution in [2.75, 3.05) is 0 Å². The SMILES string of the molecule is Cc1cc2cc(S)c(C)cc2cc1S. The van der Waals surface area contributed by atoms with Crippen molar-refractivity contribution in [1.29, 1.82) is 0 Å². The van der Waals surface area contributed by atoms with E-state index < -0.39 is 0 Å². The first-order valence-electron chi connectivity index (χ1n) is 4.51. The highest BCUT2D eigenvalue weighted by molar-refractivity contribution is 7.80. The molecule has 2 heteroatoms. The van der Waals surface area contributed by atoms with Crippen molar-refractivity contribution in [3.63, 3.8) is 0 Å². The van der Waals surface area contributed by atoms with Crippen LogP contribution in [0.25, 0.3) is 10.8 Å². The van der Waals surface area contributed by atoms with Crippen molar-refractivity contribution in [3.05, 3.63) is 35.4 Å². The summed E-state index contributed by atoms with van der Waals surface area (Å²) in [6.45, 7) is 4.14. The number of fused-ring (bicyclic) bond motifs is 1. The van der Waals surface area contributed by atoms with Gasteiger partial charge < -0.3 is 0 Å². The molecule has 0 saturated carbocycles. The molecule has 0 heterocycles. The molecule has 0 nitrogen and oxygen atoms in total. The average molecular weight is 220 g/mol. The first-order valence-corrected chi connectivity index (χ1v) is 5.40. The van der Waals surface area contributed by atoms with Crippen molar-refractivity contribution < 1.29 is 0 Å². The van der Waals surface area contributed by atoms with Gasteiger partial charge in [-0.05, 0) is 47.9 Å². The summed E-state index contributed by atoms with van der Waals surface area (Å²) in [6, 6.07) is 8.51. The molecule has 0 N–H and O–H groups in total. The summed E-state index contributed by atoms with van der Waals surface area (Å²) in [7, 11) is 0. The van der Waals surface area contributed by atoms with Gasteiger partial charge in [0.15, 0.2) is 0 Å². The van der Waals surface area contributed by atoms with Crippen LogP contribution in [0.15, 0.2) is 34.1 Å². The van der Waals surface area contributed by atoms with Gasteiger partial charge in [-0.2, -0.15) is 0 Å². The molecule has 0 fully saturated rings. The van der Waals surface area contributed by atoms with E-state index >= 15 is 0 Å². The molecular weight excluding hydrogens is 208 g/mol. The van der Waals surface area contributed by atoms with Crippen molar-refractivity contribution in [3.8, 4) is 0 Å². The summed E-state index contributed by atoms with van der Waals surface area (Å²) in [4.78, 5) is 2.09. The molecule has 14 heavy (non-hydrogen) atoms. The van der Waals surface area contributed by atoms with Gasteiger partial charge in [-0.25, -0.2) is 0 Å². The van der Waals surface area contributed by atoms with Gasteiger partial charge in [-0.1, -0.05) is 12.1 Å². The van der Waals surface area contributed by atoms with Crippen LogP contribution in [0.1, 0.15) is 11.1 Å². The maximum absolute atomic E-state index is 4.41. The lowest BCUT2D eigenvalue weighted by molar-refractivity contribution is 1.30. The quantitative estimate of drug-likeness (QED) is 0.615. The lowest BCUT2D eigenvalue weighted by Gasteiger charge is -2.06. The monoisotopic (exact) mass is 220 g/mol. The second-order valence-electron chi connectivity index (χ2n) is 3.62. The van der Waals surface area contributed by atoms with Gasteiger partial charge in [-0.15, -0.1) is 25.3 Å². The van der Waals surface area contributed by atoms with Crippen molar-refractivity contribution in [2.45, 2.75) is 23.6 Å². The Balaban J connectivity index is 2.83. The smallest absolute Gasteiger partial charge is 0.00756 e. The largest absolute Gasteiger partial charge is 0.143 e. The van der Waals surface area contributed by atoms with Crippen molar-refractivity contribution in [1.82, 2.24) is 0 Å². The fraction of sp³-hybridized carbons (Fsp3) is 0.167.